The molecule has 3 rings (SSSR count). The average molecular weight is 508 g/mol. The molecule has 0 unspecified atom stereocenters. The van der Waals surface area contributed by atoms with E-state index in [0.717, 1.165) is 24.0 Å². The van der Waals surface area contributed by atoms with E-state index in [1.807, 2.05) is 60.7 Å². The molecule has 4 N–H and O–H groups in total. The normalized spacial score (nSPS) is 15.4. The molecule has 7 heteroatoms. The third-order valence-corrected chi connectivity index (χ3v) is 7.29. The Kier molecular flexibility index (Phi) is 12.1. The van der Waals surface area contributed by atoms with Crippen LogP contribution in [0.5, 0.6) is 0 Å². The average Bonchev–Trinajstić information content (AvgIpc) is 2.93. The maximum absolute atomic E-state index is 13.3. The summed E-state index contributed by atoms with van der Waals surface area (Å²) >= 11 is 0. The van der Waals surface area contributed by atoms with Gasteiger partial charge in [-0.2, -0.15) is 0 Å². The summed E-state index contributed by atoms with van der Waals surface area (Å²) < 4.78 is 0. The van der Waals surface area contributed by atoms with Gasteiger partial charge in [0.05, 0.1) is 0 Å². The fraction of sp³-hybridized carbons (Fsp3) is 0.500. The first kappa shape index (κ1) is 28.4. The molecule has 0 bridgehead atoms. The highest BCUT2D eigenvalue weighted by Gasteiger charge is 2.27. The van der Waals surface area contributed by atoms with Crippen LogP contribution in [0.1, 0.15) is 68.9 Å². The van der Waals surface area contributed by atoms with Gasteiger partial charge in [0.1, 0.15) is 6.04 Å². The van der Waals surface area contributed by atoms with Gasteiger partial charge < -0.3 is 10.6 Å². The van der Waals surface area contributed by atoms with Crippen LogP contribution < -0.4 is 16.1 Å². The lowest BCUT2D eigenvalue weighted by atomic mass is 9.84. The molecule has 0 radical (unpaired) electrons. The van der Waals surface area contributed by atoms with Crippen molar-refractivity contribution in [2.75, 3.05) is 6.54 Å². The van der Waals surface area contributed by atoms with E-state index in [1.54, 1.807) is 5.48 Å². The maximum Gasteiger partial charge on any atom is 0.244 e. The third kappa shape index (κ3) is 10.4. The zero-order valence-electron chi connectivity index (χ0n) is 21.7. The first-order valence-electron chi connectivity index (χ1n) is 13.6. The Balaban J connectivity index is 1.61. The molecule has 7 nitrogen and oxygen atoms in total. The molecule has 1 saturated carbocycles. The number of carbonyl (C=O) groups is 3. The number of hydroxylamine groups is 1. The first-order valence-corrected chi connectivity index (χ1v) is 13.6. The van der Waals surface area contributed by atoms with Crippen LogP contribution in [-0.4, -0.2) is 35.5 Å². The Labute approximate surface area is 220 Å². The molecule has 2 atom stereocenters. The fourth-order valence-corrected chi connectivity index (χ4v) is 5.17. The van der Waals surface area contributed by atoms with E-state index < -0.39 is 17.9 Å². The lowest BCUT2D eigenvalue weighted by Crippen LogP contribution is -2.50. The van der Waals surface area contributed by atoms with Gasteiger partial charge in [-0.15, -0.1) is 0 Å². The Hall–Kier alpha value is -3.19. The van der Waals surface area contributed by atoms with E-state index in [-0.39, 0.29) is 18.2 Å². The van der Waals surface area contributed by atoms with Crippen LogP contribution in [0.25, 0.3) is 0 Å². The number of hydrogen-bond acceptors (Lipinski definition) is 4. The quantitative estimate of drug-likeness (QED) is 0.225. The van der Waals surface area contributed by atoms with Crippen molar-refractivity contribution in [3.8, 4) is 0 Å². The van der Waals surface area contributed by atoms with Crippen LogP contribution in [0.2, 0.25) is 0 Å². The standard InChI is InChI=1S/C30H41N3O4/c34-28(33-37)22-26(18-10-17-23-11-4-1-5-12-23)29(35)32-27(21-25-15-8-3-9-16-25)30(36)31-20-19-24-13-6-2-7-14-24/h2-3,6-9,13-16,23,26-27,37H,1,4-5,10-12,17-22H2,(H,31,36)(H,32,35)(H,33,34)/t26-,27+/m1/s1. The zero-order valence-corrected chi connectivity index (χ0v) is 21.7. The zero-order chi connectivity index (χ0) is 26.3. The highest BCUT2D eigenvalue weighted by atomic mass is 16.5. The number of carbonyl (C=O) groups excluding carboxylic acids is 3. The van der Waals surface area contributed by atoms with Crippen LogP contribution in [0.3, 0.4) is 0 Å². The van der Waals surface area contributed by atoms with Gasteiger partial charge in [0.25, 0.3) is 0 Å². The number of hydrogen-bond donors (Lipinski definition) is 4. The molecule has 1 aliphatic carbocycles. The van der Waals surface area contributed by atoms with Crippen molar-refractivity contribution in [3.05, 3.63) is 71.8 Å². The summed E-state index contributed by atoms with van der Waals surface area (Å²) in [7, 11) is 0. The maximum atomic E-state index is 13.3. The molecular formula is C30H41N3O4. The molecule has 0 spiro atoms. The van der Waals surface area contributed by atoms with Crippen molar-refractivity contribution in [3.63, 3.8) is 0 Å². The minimum atomic E-state index is -0.760. The van der Waals surface area contributed by atoms with E-state index in [2.05, 4.69) is 10.6 Å². The first-order chi connectivity index (χ1) is 18.0. The summed E-state index contributed by atoms with van der Waals surface area (Å²) in [6, 6.07) is 18.7. The van der Waals surface area contributed by atoms with Crippen LogP contribution in [0.15, 0.2) is 60.7 Å². The molecule has 0 heterocycles. The van der Waals surface area contributed by atoms with E-state index in [1.165, 1.54) is 32.1 Å². The topological polar surface area (TPSA) is 108 Å². The fourth-order valence-electron chi connectivity index (χ4n) is 5.17. The third-order valence-electron chi connectivity index (χ3n) is 7.29. The van der Waals surface area contributed by atoms with E-state index in [9.17, 15) is 14.4 Å². The molecule has 200 valence electrons. The highest BCUT2D eigenvalue weighted by molar-refractivity contribution is 5.90. The number of rotatable bonds is 14. The second kappa shape index (κ2) is 15.8. The van der Waals surface area contributed by atoms with Crippen molar-refractivity contribution in [2.45, 2.75) is 76.7 Å². The van der Waals surface area contributed by atoms with Crippen molar-refractivity contribution in [1.82, 2.24) is 16.1 Å². The van der Waals surface area contributed by atoms with Crippen molar-refractivity contribution >= 4 is 17.7 Å². The Morgan fingerprint density at radius 3 is 2.16 bits per heavy atom. The largest absolute Gasteiger partial charge is 0.354 e. The Morgan fingerprint density at radius 1 is 0.865 bits per heavy atom. The summed E-state index contributed by atoms with van der Waals surface area (Å²) in [4.78, 5) is 38.4. The summed E-state index contributed by atoms with van der Waals surface area (Å²) in [5.74, 6) is -1.09. The van der Waals surface area contributed by atoms with Crippen molar-refractivity contribution in [1.29, 1.82) is 0 Å². The Morgan fingerprint density at radius 2 is 1.51 bits per heavy atom. The monoisotopic (exact) mass is 507 g/mol. The predicted molar refractivity (Wildman–Crippen MR) is 144 cm³/mol. The van der Waals surface area contributed by atoms with Crippen LogP contribution in [0, 0.1) is 11.8 Å². The molecule has 37 heavy (non-hydrogen) atoms. The van der Waals surface area contributed by atoms with Gasteiger partial charge in [0.15, 0.2) is 0 Å². The van der Waals surface area contributed by atoms with E-state index in [4.69, 9.17) is 5.21 Å². The molecule has 1 fully saturated rings. The summed E-state index contributed by atoms with van der Waals surface area (Å²) in [6.45, 7) is 0.460. The van der Waals surface area contributed by atoms with Gasteiger partial charge in [0, 0.05) is 25.3 Å². The lowest BCUT2D eigenvalue weighted by Gasteiger charge is -2.24. The summed E-state index contributed by atoms with van der Waals surface area (Å²) in [5, 5.41) is 14.9. The second-order valence-electron chi connectivity index (χ2n) is 10.1. The van der Waals surface area contributed by atoms with Gasteiger partial charge in [0.2, 0.25) is 17.7 Å². The number of benzene rings is 2. The molecule has 0 aliphatic heterocycles. The smallest absolute Gasteiger partial charge is 0.244 e. The second-order valence-corrected chi connectivity index (χ2v) is 10.1. The highest BCUT2D eigenvalue weighted by Crippen LogP contribution is 2.28. The van der Waals surface area contributed by atoms with Gasteiger partial charge >= 0.3 is 0 Å². The van der Waals surface area contributed by atoms with Crippen LogP contribution >= 0.6 is 0 Å². The molecular weight excluding hydrogens is 466 g/mol. The summed E-state index contributed by atoms with van der Waals surface area (Å²) in [5.41, 5.74) is 3.71. The van der Waals surface area contributed by atoms with Gasteiger partial charge in [-0.3, -0.25) is 19.6 Å². The minimum Gasteiger partial charge on any atom is -0.354 e. The molecule has 2 aromatic rings. The van der Waals surface area contributed by atoms with Gasteiger partial charge in [-0.1, -0.05) is 106 Å². The SMILES string of the molecule is O=C(C[C@@H](CCCC1CCCCC1)C(=O)N[C@@H](Cc1ccccc1)C(=O)NCCc1ccccc1)NO. The van der Waals surface area contributed by atoms with Crippen LogP contribution in [-0.2, 0) is 27.2 Å². The number of nitrogens with one attached hydrogen (secondary N) is 3. The lowest BCUT2D eigenvalue weighted by molar-refractivity contribution is -0.136. The van der Waals surface area contributed by atoms with Gasteiger partial charge in [-0.25, -0.2) is 5.48 Å². The number of amides is 3. The molecule has 3 amide bonds. The van der Waals surface area contributed by atoms with Gasteiger partial charge in [-0.05, 0) is 29.9 Å². The predicted octanol–water partition coefficient (Wildman–Crippen LogP) is 4.34. The molecule has 1 aliphatic rings. The van der Waals surface area contributed by atoms with Crippen molar-refractivity contribution < 1.29 is 19.6 Å². The van der Waals surface area contributed by atoms with E-state index in [0.29, 0.717) is 31.7 Å². The van der Waals surface area contributed by atoms with Crippen molar-refractivity contribution in [2.24, 2.45) is 11.8 Å². The Bertz CT molecular complexity index is 961. The molecule has 2 aromatic carbocycles. The molecule has 0 aromatic heterocycles. The molecule has 0 saturated heterocycles. The summed E-state index contributed by atoms with van der Waals surface area (Å²) in [6.07, 6.45) is 9.66. The minimum absolute atomic E-state index is 0.110. The van der Waals surface area contributed by atoms with Crippen LogP contribution in [0.4, 0.5) is 0 Å². The van der Waals surface area contributed by atoms with E-state index >= 15 is 0 Å².